The Morgan fingerprint density at radius 2 is 1.75 bits per heavy atom. The summed E-state index contributed by atoms with van der Waals surface area (Å²) >= 11 is 9.30. The van der Waals surface area contributed by atoms with Crippen LogP contribution in [0.2, 0.25) is 5.02 Å². The minimum absolute atomic E-state index is 0.0578. The molecule has 164 valence electrons. The summed E-state index contributed by atoms with van der Waals surface area (Å²) in [5.41, 5.74) is 2.68. The summed E-state index contributed by atoms with van der Waals surface area (Å²) in [6.07, 6.45) is 0. The highest BCUT2D eigenvalue weighted by molar-refractivity contribution is 8.00. The molecular weight excluding hydrogens is 460 g/mol. The average molecular weight is 483 g/mol. The Labute approximate surface area is 201 Å². The van der Waals surface area contributed by atoms with Gasteiger partial charge >= 0.3 is 0 Å². The van der Waals surface area contributed by atoms with Gasteiger partial charge in [0.05, 0.1) is 5.75 Å². The molecule has 0 radical (unpaired) electrons. The minimum Gasteiger partial charge on any atom is -0.351 e. The first-order valence-electron chi connectivity index (χ1n) is 10.3. The summed E-state index contributed by atoms with van der Waals surface area (Å²) < 4.78 is 0. The second-order valence-electron chi connectivity index (χ2n) is 7.35. The number of benzene rings is 3. The third-order valence-electron chi connectivity index (χ3n) is 5.09. The lowest BCUT2D eigenvalue weighted by Crippen LogP contribution is -2.28. The van der Waals surface area contributed by atoms with E-state index in [-0.39, 0.29) is 17.2 Å². The van der Waals surface area contributed by atoms with Crippen molar-refractivity contribution >= 4 is 46.9 Å². The van der Waals surface area contributed by atoms with E-state index in [1.807, 2.05) is 71.6 Å². The molecule has 1 aliphatic rings. The zero-order valence-electron chi connectivity index (χ0n) is 17.4. The fourth-order valence-electron chi connectivity index (χ4n) is 3.44. The lowest BCUT2D eigenvalue weighted by Gasteiger charge is -2.24. The molecule has 1 heterocycles. The molecule has 1 saturated heterocycles. The molecule has 3 aromatic carbocycles. The lowest BCUT2D eigenvalue weighted by atomic mass is 10.1. The number of nitrogens with one attached hydrogen (secondary N) is 1. The Morgan fingerprint density at radius 1 is 1.03 bits per heavy atom. The van der Waals surface area contributed by atoms with Crippen molar-refractivity contribution in [1.82, 2.24) is 10.2 Å². The molecular formula is C25H23ClN2O2S2. The molecule has 0 spiro atoms. The molecule has 2 amide bonds. The van der Waals surface area contributed by atoms with Gasteiger partial charge in [-0.1, -0.05) is 54.1 Å². The fourth-order valence-corrected chi connectivity index (χ4v) is 5.54. The van der Waals surface area contributed by atoms with Crippen LogP contribution in [0.15, 0.2) is 83.8 Å². The fraction of sp³-hybridized carbons (Fsp3) is 0.200. The van der Waals surface area contributed by atoms with Gasteiger partial charge in [-0.05, 0) is 47.5 Å². The van der Waals surface area contributed by atoms with Gasteiger partial charge in [0, 0.05) is 34.3 Å². The molecule has 7 heteroatoms. The molecule has 0 saturated carbocycles. The quantitative estimate of drug-likeness (QED) is 0.333. The van der Waals surface area contributed by atoms with Crippen molar-refractivity contribution in [3.63, 3.8) is 0 Å². The second kappa shape index (κ2) is 10.9. The molecule has 3 aromatic rings. The van der Waals surface area contributed by atoms with Gasteiger partial charge in [-0.15, -0.1) is 23.5 Å². The normalized spacial score (nSPS) is 15.7. The van der Waals surface area contributed by atoms with Crippen molar-refractivity contribution in [2.75, 3.05) is 18.1 Å². The summed E-state index contributed by atoms with van der Waals surface area (Å²) in [7, 11) is 0. The number of halogens is 1. The predicted octanol–water partition coefficient (Wildman–Crippen LogP) is 5.64. The third kappa shape index (κ3) is 5.88. The third-order valence-corrected chi connectivity index (χ3v) is 7.61. The Balaban J connectivity index is 1.33. The highest BCUT2D eigenvalue weighted by Gasteiger charge is 2.32. The monoisotopic (exact) mass is 482 g/mol. The largest absolute Gasteiger partial charge is 0.351 e. The molecule has 0 bridgehead atoms. The molecule has 0 unspecified atom stereocenters. The first-order valence-corrected chi connectivity index (χ1v) is 12.7. The zero-order chi connectivity index (χ0) is 22.3. The number of hydrogen-bond donors (Lipinski definition) is 1. The highest BCUT2D eigenvalue weighted by atomic mass is 35.5. The topological polar surface area (TPSA) is 49.4 Å². The highest BCUT2D eigenvalue weighted by Crippen LogP contribution is 2.39. The first-order chi connectivity index (χ1) is 15.6. The smallest absolute Gasteiger partial charge is 0.251 e. The Kier molecular flexibility index (Phi) is 7.79. The number of hydrogen-bond acceptors (Lipinski definition) is 4. The Bertz CT molecular complexity index is 1060. The summed E-state index contributed by atoms with van der Waals surface area (Å²) in [4.78, 5) is 28.0. The number of nitrogens with zero attached hydrogens (tertiary/aromatic N) is 1. The van der Waals surface area contributed by atoms with E-state index in [4.69, 9.17) is 11.6 Å². The van der Waals surface area contributed by atoms with Gasteiger partial charge in [0.2, 0.25) is 5.91 Å². The lowest BCUT2D eigenvalue weighted by molar-refractivity contribution is -0.128. The van der Waals surface area contributed by atoms with E-state index in [0.717, 1.165) is 16.9 Å². The molecule has 4 rings (SSSR count). The summed E-state index contributed by atoms with van der Waals surface area (Å²) in [6, 6.07) is 25.3. The van der Waals surface area contributed by atoms with Gasteiger partial charge in [0.15, 0.2) is 0 Å². The van der Waals surface area contributed by atoms with Gasteiger partial charge in [-0.25, -0.2) is 0 Å². The molecule has 32 heavy (non-hydrogen) atoms. The van der Waals surface area contributed by atoms with Gasteiger partial charge in [-0.3, -0.25) is 9.59 Å². The van der Waals surface area contributed by atoms with Crippen LogP contribution in [-0.2, 0) is 11.3 Å². The van der Waals surface area contributed by atoms with Crippen molar-refractivity contribution in [3.8, 4) is 0 Å². The number of carbonyl (C=O) groups is 2. The van der Waals surface area contributed by atoms with Crippen molar-refractivity contribution in [2.45, 2.75) is 16.8 Å². The molecule has 0 aliphatic carbocycles. The minimum atomic E-state index is -0.0848. The van der Waals surface area contributed by atoms with Crippen LogP contribution in [0.4, 0.5) is 0 Å². The van der Waals surface area contributed by atoms with E-state index in [0.29, 0.717) is 29.4 Å². The second-order valence-corrected chi connectivity index (χ2v) is 10.0. The van der Waals surface area contributed by atoms with Crippen molar-refractivity contribution in [3.05, 3.63) is 101 Å². The molecule has 0 aromatic heterocycles. The van der Waals surface area contributed by atoms with Gasteiger partial charge in [-0.2, -0.15) is 0 Å². The van der Waals surface area contributed by atoms with Crippen LogP contribution < -0.4 is 5.32 Å². The van der Waals surface area contributed by atoms with Gasteiger partial charge < -0.3 is 10.2 Å². The molecule has 1 aliphatic heterocycles. The van der Waals surface area contributed by atoms with Crippen LogP contribution in [0.5, 0.6) is 0 Å². The van der Waals surface area contributed by atoms with Gasteiger partial charge in [0.1, 0.15) is 5.37 Å². The zero-order valence-corrected chi connectivity index (χ0v) is 19.8. The molecule has 1 atom stereocenters. The van der Waals surface area contributed by atoms with Crippen LogP contribution in [0.1, 0.15) is 26.9 Å². The predicted molar refractivity (Wildman–Crippen MR) is 133 cm³/mol. The van der Waals surface area contributed by atoms with Crippen LogP contribution in [-0.4, -0.2) is 34.8 Å². The van der Waals surface area contributed by atoms with Crippen LogP contribution in [0, 0.1) is 0 Å². The maximum atomic E-state index is 12.5. The molecule has 1 N–H and O–H groups in total. The maximum Gasteiger partial charge on any atom is 0.251 e. The number of thioether (sulfide) groups is 2. The van der Waals surface area contributed by atoms with Crippen molar-refractivity contribution < 1.29 is 9.59 Å². The van der Waals surface area contributed by atoms with E-state index >= 15 is 0 Å². The standard InChI is InChI=1S/C25H23ClN2O2S2/c26-21-12-6-18(7-13-21)16-28-23(29)17-32-25(28)20-10-8-19(9-11-20)24(30)27-14-15-31-22-4-2-1-3-5-22/h1-13,25H,14-17H2,(H,27,30)/t25-/m0/s1. The van der Waals surface area contributed by atoms with Gasteiger partial charge in [0.25, 0.3) is 5.91 Å². The number of carbonyl (C=O) groups excluding carboxylic acids is 2. The van der Waals surface area contributed by atoms with E-state index in [1.165, 1.54) is 4.90 Å². The maximum absolute atomic E-state index is 12.5. The summed E-state index contributed by atoms with van der Waals surface area (Å²) in [5, 5.41) is 3.59. The molecule has 1 fully saturated rings. The van der Waals surface area contributed by atoms with Crippen LogP contribution in [0.25, 0.3) is 0 Å². The van der Waals surface area contributed by atoms with E-state index in [2.05, 4.69) is 17.4 Å². The van der Waals surface area contributed by atoms with E-state index in [9.17, 15) is 9.59 Å². The van der Waals surface area contributed by atoms with E-state index in [1.54, 1.807) is 23.5 Å². The van der Waals surface area contributed by atoms with Crippen molar-refractivity contribution in [2.24, 2.45) is 0 Å². The Morgan fingerprint density at radius 3 is 2.47 bits per heavy atom. The average Bonchev–Trinajstić information content (AvgIpc) is 3.19. The number of rotatable bonds is 8. The number of amides is 2. The van der Waals surface area contributed by atoms with E-state index < -0.39 is 0 Å². The first kappa shape index (κ1) is 22.8. The summed E-state index contributed by atoms with van der Waals surface area (Å²) in [6.45, 7) is 1.14. The summed E-state index contributed by atoms with van der Waals surface area (Å²) in [5.74, 6) is 1.31. The van der Waals surface area contributed by atoms with Crippen LogP contribution in [0.3, 0.4) is 0 Å². The molecule has 4 nitrogen and oxygen atoms in total. The van der Waals surface area contributed by atoms with Crippen LogP contribution >= 0.6 is 35.1 Å². The van der Waals surface area contributed by atoms with Crippen molar-refractivity contribution in [1.29, 1.82) is 0 Å². The SMILES string of the molecule is O=C(NCCSc1ccccc1)c1ccc([C@@H]2SCC(=O)N2Cc2ccc(Cl)cc2)cc1. The Hall–Kier alpha value is -2.41.